The number of halogens is 3. The Kier molecular flexibility index (Phi) is 8.74. The van der Waals surface area contributed by atoms with E-state index in [0.717, 1.165) is 0 Å². The fourth-order valence-corrected chi connectivity index (χ4v) is 1.33. The van der Waals surface area contributed by atoms with Gasteiger partial charge in [-0.3, -0.25) is 4.79 Å². The molecule has 0 aliphatic rings. The standard InChI is InChI=1S/C11H21F3N2O2/c1-9(4-3-5-11(12,13)14)16-8-10(17)15-6-7-18-2/h9,16H,3-8H2,1-2H3,(H,15,17). The highest BCUT2D eigenvalue weighted by molar-refractivity contribution is 5.77. The van der Waals surface area contributed by atoms with Gasteiger partial charge < -0.3 is 15.4 Å². The lowest BCUT2D eigenvalue weighted by molar-refractivity contribution is -0.136. The summed E-state index contributed by atoms with van der Waals surface area (Å²) in [4.78, 5) is 11.2. The highest BCUT2D eigenvalue weighted by Gasteiger charge is 2.26. The number of alkyl halides is 3. The van der Waals surface area contributed by atoms with Crippen LogP contribution in [0.4, 0.5) is 13.2 Å². The summed E-state index contributed by atoms with van der Waals surface area (Å²) >= 11 is 0. The SMILES string of the molecule is COCCNC(=O)CNC(C)CCCC(F)(F)F. The molecule has 0 aliphatic heterocycles. The van der Waals surface area contributed by atoms with Crippen LogP contribution < -0.4 is 10.6 Å². The molecule has 2 N–H and O–H groups in total. The van der Waals surface area contributed by atoms with Crippen molar-refractivity contribution in [3.8, 4) is 0 Å². The predicted octanol–water partition coefficient (Wildman–Crippen LogP) is 1.46. The van der Waals surface area contributed by atoms with Crippen molar-refractivity contribution in [2.24, 2.45) is 0 Å². The van der Waals surface area contributed by atoms with E-state index < -0.39 is 12.6 Å². The minimum atomic E-state index is -4.10. The van der Waals surface area contributed by atoms with Gasteiger partial charge in [0, 0.05) is 26.1 Å². The number of carbonyl (C=O) groups excluding carboxylic acids is 1. The number of hydrogen-bond donors (Lipinski definition) is 2. The van der Waals surface area contributed by atoms with E-state index in [-0.39, 0.29) is 24.9 Å². The lowest BCUT2D eigenvalue weighted by atomic mass is 10.1. The Bertz CT molecular complexity index is 235. The van der Waals surface area contributed by atoms with E-state index in [1.165, 1.54) is 7.11 Å². The zero-order valence-corrected chi connectivity index (χ0v) is 10.8. The van der Waals surface area contributed by atoms with E-state index in [0.29, 0.717) is 19.6 Å². The minimum absolute atomic E-state index is 0.0724. The van der Waals surface area contributed by atoms with Crippen LogP contribution in [0.5, 0.6) is 0 Å². The van der Waals surface area contributed by atoms with Crippen LogP contribution in [-0.4, -0.2) is 44.9 Å². The van der Waals surface area contributed by atoms with Crippen molar-refractivity contribution in [1.82, 2.24) is 10.6 Å². The maximum Gasteiger partial charge on any atom is 0.389 e. The Hall–Kier alpha value is -0.820. The Morgan fingerprint density at radius 1 is 1.39 bits per heavy atom. The molecule has 108 valence electrons. The first-order valence-corrected chi connectivity index (χ1v) is 5.91. The van der Waals surface area contributed by atoms with Gasteiger partial charge in [-0.15, -0.1) is 0 Å². The van der Waals surface area contributed by atoms with E-state index >= 15 is 0 Å². The maximum absolute atomic E-state index is 11.9. The summed E-state index contributed by atoms with van der Waals surface area (Å²) in [5, 5.41) is 5.49. The van der Waals surface area contributed by atoms with Crippen molar-refractivity contribution < 1.29 is 22.7 Å². The summed E-state index contributed by atoms with van der Waals surface area (Å²) in [5.74, 6) is -0.185. The van der Waals surface area contributed by atoms with Crippen molar-refractivity contribution in [2.75, 3.05) is 26.8 Å². The molecule has 0 heterocycles. The molecule has 0 saturated heterocycles. The molecular formula is C11H21F3N2O2. The molecule has 0 spiro atoms. The second-order valence-corrected chi connectivity index (χ2v) is 4.13. The summed E-state index contributed by atoms with van der Waals surface area (Å²) in [7, 11) is 1.53. The predicted molar refractivity (Wildman–Crippen MR) is 62.3 cm³/mol. The van der Waals surface area contributed by atoms with Crippen molar-refractivity contribution in [3.05, 3.63) is 0 Å². The van der Waals surface area contributed by atoms with Gasteiger partial charge in [-0.25, -0.2) is 0 Å². The molecule has 1 amide bonds. The van der Waals surface area contributed by atoms with Gasteiger partial charge in [0.1, 0.15) is 0 Å². The third-order valence-electron chi connectivity index (χ3n) is 2.34. The molecule has 0 bridgehead atoms. The van der Waals surface area contributed by atoms with E-state index in [1.54, 1.807) is 6.92 Å². The van der Waals surface area contributed by atoms with Crippen LogP contribution in [-0.2, 0) is 9.53 Å². The number of ether oxygens (including phenoxy) is 1. The van der Waals surface area contributed by atoms with Crippen LogP contribution in [0, 0.1) is 0 Å². The third-order valence-corrected chi connectivity index (χ3v) is 2.34. The van der Waals surface area contributed by atoms with Gasteiger partial charge in [-0.1, -0.05) is 0 Å². The van der Waals surface area contributed by atoms with Crippen LogP contribution in [0.2, 0.25) is 0 Å². The summed E-state index contributed by atoms with van der Waals surface area (Å²) < 4.78 is 40.5. The first kappa shape index (κ1) is 17.2. The van der Waals surface area contributed by atoms with Gasteiger partial charge in [-0.05, 0) is 19.8 Å². The minimum Gasteiger partial charge on any atom is -0.383 e. The number of rotatable bonds is 9. The van der Waals surface area contributed by atoms with E-state index in [2.05, 4.69) is 10.6 Å². The molecule has 0 rings (SSSR count). The average molecular weight is 270 g/mol. The molecule has 0 fully saturated rings. The largest absolute Gasteiger partial charge is 0.389 e. The molecule has 0 aliphatic carbocycles. The number of carbonyl (C=O) groups is 1. The van der Waals surface area contributed by atoms with Crippen LogP contribution in [0.25, 0.3) is 0 Å². The van der Waals surface area contributed by atoms with Gasteiger partial charge in [-0.2, -0.15) is 13.2 Å². The van der Waals surface area contributed by atoms with Crippen molar-refractivity contribution in [3.63, 3.8) is 0 Å². The quantitative estimate of drug-likeness (QED) is 0.624. The van der Waals surface area contributed by atoms with Crippen molar-refractivity contribution in [2.45, 2.75) is 38.4 Å². The number of nitrogens with one attached hydrogen (secondary N) is 2. The van der Waals surface area contributed by atoms with E-state index in [4.69, 9.17) is 4.74 Å². The molecule has 1 unspecified atom stereocenters. The van der Waals surface area contributed by atoms with Crippen molar-refractivity contribution >= 4 is 5.91 Å². The van der Waals surface area contributed by atoms with Crippen LogP contribution in [0.15, 0.2) is 0 Å². The molecule has 7 heteroatoms. The second kappa shape index (κ2) is 9.16. The molecule has 18 heavy (non-hydrogen) atoms. The molecule has 4 nitrogen and oxygen atoms in total. The zero-order chi connectivity index (χ0) is 14.0. The maximum atomic E-state index is 11.9. The molecule has 0 radical (unpaired) electrons. The van der Waals surface area contributed by atoms with Gasteiger partial charge in [0.2, 0.25) is 5.91 Å². The van der Waals surface area contributed by atoms with Crippen LogP contribution in [0.1, 0.15) is 26.2 Å². The molecule has 0 saturated carbocycles. The van der Waals surface area contributed by atoms with Gasteiger partial charge in [0.15, 0.2) is 0 Å². The lowest BCUT2D eigenvalue weighted by Crippen LogP contribution is -2.39. The Balaban J connectivity index is 3.52. The number of hydrogen-bond acceptors (Lipinski definition) is 3. The Morgan fingerprint density at radius 3 is 2.61 bits per heavy atom. The molecule has 0 aromatic heterocycles. The molecule has 0 aromatic carbocycles. The Labute approximate surface area is 105 Å². The van der Waals surface area contributed by atoms with Gasteiger partial charge >= 0.3 is 6.18 Å². The smallest absolute Gasteiger partial charge is 0.383 e. The zero-order valence-electron chi connectivity index (χ0n) is 10.8. The normalized spacial score (nSPS) is 13.4. The first-order valence-electron chi connectivity index (χ1n) is 5.91. The van der Waals surface area contributed by atoms with E-state index in [1.807, 2.05) is 0 Å². The second-order valence-electron chi connectivity index (χ2n) is 4.13. The third kappa shape index (κ3) is 11.7. The van der Waals surface area contributed by atoms with Gasteiger partial charge in [0.05, 0.1) is 13.2 Å². The average Bonchev–Trinajstić information content (AvgIpc) is 2.25. The first-order chi connectivity index (χ1) is 8.35. The Morgan fingerprint density at radius 2 is 2.06 bits per heavy atom. The van der Waals surface area contributed by atoms with E-state index in [9.17, 15) is 18.0 Å². The summed E-state index contributed by atoms with van der Waals surface area (Å²) in [6.45, 7) is 2.74. The number of amides is 1. The highest BCUT2D eigenvalue weighted by Crippen LogP contribution is 2.22. The molecule has 1 atom stereocenters. The molecular weight excluding hydrogens is 249 g/mol. The highest BCUT2D eigenvalue weighted by atomic mass is 19.4. The fraction of sp³-hybridized carbons (Fsp3) is 0.909. The van der Waals surface area contributed by atoms with Crippen LogP contribution >= 0.6 is 0 Å². The number of methoxy groups -OCH3 is 1. The van der Waals surface area contributed by atoms with Crippen molar-refractivity contribution in [1.29, 1.82) is 0 Å². The van der Waals surface area contributed by atoms with Crippen LogP contribution in [0.3, 0.4) is 0 Å². The molecule has 0 aromatic rings. The van der Waals surface area contributed by atoms with Gasteiger partial charge in [0.25, 0.3) is 0 Å². The topological polar surface area (TPSA) is 50.4 Å². The fourth-order valence-electron chi connectivity index (χ4n) is 1.33. The monoisotopic (exact) mass is 270 g/mol. The summed E-state index contributed by atoms with van der Waals surface area (Å²) in [6.07, 6.45) is -4.41. The summed E-state index contributed by atoms with van der Waals surface area (Å²) in [6, 6.07) is -0.111. The summed E-state index contributed by atoms with van der Waals surface area (Å²) in [5.41, 5.74) is 0. The lowest BCUT2D eigenvalue weighted by Gasteiger charge is -2.14.